The third-order valence-corrected chi connectivity index (χ3v) is 2.31. The third-order valence-electron chi connectivity index (χ3n) is 2.31. The highest BCUT2D eigenvalue weighted by molar-refractivity contribution is 5.73. The number of hydrogen-bond acceptors (Lipinski definition) is 2. The number of esters is 1. The number of alkyl halides is 3. The summed E-state index contributed by atoms with van der Waals surface area (Å²) in [6.07, 6.45) is -4.85. The number of rotatable bonds is 4. The lowest BCUT2D eigenvalue weighted by atomic mass is 10.1. The topological polar surface area (TPSA) is 26.3 Å². The summed E-state index contributed by atoms with van der Waals surface area (Å²) in [5.74, 6) is -3.25. The van der Waals surface area contributed by atoms with Crippen LogP contribution < -0.4 is 0 Å². The van der Waals surface area contributed by atoms with Gasteiger partial charge in [0.05, 0.1) is 0 Å². The number of benzene rings is 1. The normalized spacial score (nSPS) is 13.2. The lowest BCUT2D eigenvalue weighted by molar-refractivity contribution is -0.198. The molecule has 0 fully saturated rings. The van der Waals surface area contributed by atoms with Gasteiger partial charge >= 0.3 is 12.1 Å². The molecule has 0 radical (unpaired) electrons. The highest BCUT2D eigenvalue weighted by atomic mass is 19.4. The molecule has 0 aliphatic heterocycles. The molecule has 94 valence electrons. The highest BCUT2D eigenvalue weighted by Gasteiger charge is 2.44. The molecule has 0 saturated heterocycles. The Labute approximate surface area is 97.4 Å². The van der Waals surface area contributed by atoms with Crippen LogP contribution in [0, 0.1) is 5.92 Å². The summed E-state index contributed by atoms with van der Waals surface area (Å²) in [5, 5.41) is 0. The first-order valence-electron chi connectivity index (χ1n) is 5.22. The van der Waals surface area contributed by atoms with Crippen LogP contribution in [0.2, 0.25) is 0 Å². The first kappa shape index (κ1) is 13.5. The average Bonchev–Trinajstić information content (AvgIpc) is 2.27. The van der Waals surface area contributed by atoms with E-state index in [2.05, 4.69) is 4.74 Å². The molecule has 5 heteroatoms. The highest BCUT2D eigenvalue weighted by Crippen LogP contribution is 2.29. The second-order valence-corrected chi connectivity index (χ2v) is 3.60. The molecule has 1 atom stereocenters. The summed E-state index contributed by atoms with van der Waals surface area (Å²) < 4.78 is 41.8. The molecule has 0 amide bonds. The van der Waals surface area contributed by atoms with Crippen molar-refractivity contribution in [2.24, 2.45) is 5.92 Å². The fourth-order valence-electron chi connectivity index (χ4n) is 1.36. The Morgan fingerprint density at radius 1 is 1.29 bits per heavy atom. The van der Waals surface area contributed by atoms with Crippen LogP contribution in [0.3, 0.4) is 0 Å². The number of ether oxygens (including phenoxy) is 1. The molecule has 0 aromatic heterocycles. The van der Waals surface area contributed by atoms with Crippen molar-refractivity contribution in [3.63, 3.8) is 0 Å². The van der Waals surface area contributed by atoms with Gasteiger partial charge in [-0.2, -0.15) is 13.2 Å². The van der Waals surface area contributed by atoms with E-state index in [1.807, 2.05) is 0 Å². The maximum Gasteiger partial charge on any atom is 0.402 e. The predicted molar refractivity (Wildman–Crippen MR) is 56.1 cm³/mol. The molecule has 0 N–H and O–H groups in total. The minimum Gasteiger partial charge on any atom is -0.460 e. The van der Waals surface area contributed by atoms with E-state index in [0.29, 0.717) is 5.56 Å². The van der Waals surface area contributed by atoms with Gasteiger partial charge in [0, 0.05) is 0 Å². The summed E-state index contributed by atoms with van der Waals surface area (Å²) in [6, 6.07) is 8.59. The molecule has 0 heterocycles. The second-order valence-electron chi connectivity index (χ2n) is 3.60. The molecule has 0 bridgehead atoms. The summed E-state index contributed by atoms with van der Waals surface area (Å²) in [5.41, 5.74) is 0.665. The third kappa shape index (κ3) is 4.09. The monoisotopic (exact) mass is 246 g/mol. The fraction of sp³-hybridized carbons (Fsp3) is 0.417. The van der Waals surface area contributed by atoms with E-state index in [9.17, 15) is 18.0 Å². The molecule has 2 nitrogen and oxygen atoms in total. The number of hydrogen-bond donors (Lipinski definition) is 0. The molecule has 1 rings (SSSR count). The minimum absolute atomic E-state index is 0.133. The zero-order valence-electron chi connectivity index (χ0n) is 9.33. The van der Waals surface area contributed by atoms with Gasteiger partial charge in [0.15, 0.2) is 5.92 Å². The molecule has 0 aliphatic rings. The number of carbonyl (C=O) groups excluding carboxylic acids is 1. The molecule has 0 aliphatic carbocycles. The van der Waals surface area contributed by atoms with Crippen LogP contribution in [0.5, 0.6) is 0 Å². The zero-order valence-corrected chi connectivity index (χ0v) is 9.33. The van der Waals surface area contributed by atoms with Gasteiger partial charge in [-0.25, -0.2) is 0 Å². The van der Waals surface area contributed by atoms with Crippen LogP contribution in [-0.2, 0) is 16.1 Å². The number of carbonyl (C=O) groups is 1. The SMILES string of the molecule is CCC(C(=O)OCc1ccccc1)C(F)(F)F. The molecule has 1 aromatic carbocycles. The van der Waals surface area contributed by atoms with Crippen molar-refractivity contribution in [3.8, 4) is 0 Å². The molecule has 1 aromatic rings. The van der Waals surface area contributed by atoms with Gasteiger partial charge in [-0.3, -0.25) is 4.79 Å². The fourth-order valence-corrected chi connectivity index (χ4v) is 1.36. The van der Waals surface area contributed by atoms with E-state index >= 15 is 0 Å². The van der Waals surface area contributed by atoms with Crippen LogP contribution in [0.4, 0.5) is 13.2 Å². The van der Waals surface area contributed by atoms with E-state index in [0.717, 1.165) is 0 Å². The molecule has 1 unspecified atom stereocenters. The van der Waals surface area contributed by atoms with E-state index in [1.54, 1.807) is 30.3 Å². The van der Waals surface area contributed by atoms with Crippen molar-refractivity contribution in [2.45, 2.75) is 26.1 Å². The largest absolute Gasteiger partial charge is 0.460 e. The summed E-state index contributed by atoms with van der Waals surface area (Å²) in [4.78, 5) is 11.3. The van der Waals surface area contributed by atoms with Gasteiger partial charge in [0.25, 0.3) is 0 Å². The van der Waals surface area contributed by atoms with E-state index in [4.69, 9.17) is 0 Å². The number of halogens is 3. The Bertz CT molecular complexity index is 360. The van der Waals surface area contributed by atoms with E-state index in [-0.39, 0.29) is 13.0 Å². The average molecular weight is 246 g/mol. The lowest BCUT2D eigenvalue weighted by Gasteiger charge is -2.17. The maximum absolute atomic E-state index is 12.4. The predicted octanol–water partition coefficient (Wildman–Crippen LogP) is 3.32. The van der Waals surface area contributed by atoms with Crippen molar-refractivity contribution in [1.82, 2.24) is 0 Å². The Kier molecular flexibility index (Phi) is 4.54. The second kappa shape index (κ2) is 5.70. The van der Waals surface area contributed by atoms with Crippen molar-refractivity contribution in [2.75, 3.05) is 0 Å². The first-order valence-corrected chi connectivity index (χ1v) is 5.22. The van der Waals surface area contributed by atoms with Crippen molar-refractivity contribution in [3.05, 3.63) is 35.9 Å². The smallest absolute Gasteiger partial charge is 0.402 e. The molecular formula is C12H13F3O2. The summed E-state index contributed by atoms with van der Waals surface area (Å²) in [7, 11) is 0. The van der Waals surface area contributed by atoms with Gasteiger partial charge in [0.1, 0.15) is 6.61 Å². The quantitative estimate of drug-likeness (QED) is 0.762. The van der Waals surface area contributed by atoms with Gasteiger partial charge < -0.3 is 4.74 Å². The summed E-state index contributed by atoms with van der Waals surface area (Å²) >= 11 is 0. The first-order chi connectivity index (χ1) is 7.95. The molecule has 0 saturated carbocycles. The van der Waals surface area contributed by atoms with Crippen LogP contribution >= 0.6 is 0 Å². The molecular weight excluding hydrogens is 233 g/mol. The standard InChI is InChI=1S/C12H13F3O2/c1-2-10(12(13,14)15)11(16)17-8-9-6-4-3-5-7-9/h3-7,10H,2,8H2,1H3. The Morgan fingerprint density at radius 2 is 1.88 bits per heavy atom. The van der Waals surface area contributed by atoms with E-state index in [1.165, 1.54) is 6.92 Å². The van der Waals surface area contributed by atoms with Gasteiger partial charge in [0.2, 0.25) is 0 Å². The Hall–Kier alpha value is -1.52. The van der Waals surface area contributed by atoms with Crippen LogP contribution in [0.25, 0.3) is 0 Å². The molecule has 0 spiro atoms. The minimum atomic E-state index is -4.54. The Balaban J connectivity index is 2.55. The van der Waals surface area contributed by atoms with Gasteiger partial charge in [-0.05, 0) is 12.0 Å². The Morgan fingerprint density at radius 3 is 2.35 bits per heavy atom. The van der Waals surface area contributed by atoms with Crippen LogP contribution in [0.15, 0.2) is 30.3 Å². The van der Waals surface area contributed by atoms with E-state index < -0.39 is 18.1 Å². The van der Waals surface area contributed by atoms with Gasteiger partial charge in [-0.1, -0.05) is 37.3 Å². The van der Waals surface area contributed by atoms with Crippen molar-refractivity contribution >= 4 is 5.97 Å². The van der Waals surface area contributed by atoms with Crippen molar-refractivity contribution < 1.29 is 22.7 Å². The zero-order chi connectivity index (χ0) is 12.9. The molecule has 17 heavy (non-hydrogen) atoms. The van der Waals surface area contributed by atoms with Gasteiger partial charge in [-0.15, -0.1) is 0 Å². The van der Waals surface area contributed by atoms with Crippen molar-refractivity contribution in [1.29, 1.82) is 0 Å². The lowest BCUT2D eigenvalue weighted by Crippen LogP contribution is -2.31. The van der Waals surface area contributed by atoms with Crippen LogP contribution in [-0.4, -0.2) is 12.1 Å². The summed E-state index contributed by atoms with van der Waals surface area (Å²) in [6.45, 7) is 1.17. The van der Waals surface area contributed by atoms with Crippen LogP contribution in [0.1, 0.15) is 18.9 Å². The maximum atomic E-state index is 12.4.